The molecule has 0 saturated carbocycles. The third-order valence-electron chi connectivity index (χ3n) is 3.59. The molecule has 1 unspecified atom stereocenters. The van der Waals surface area contributed by atoms with Crippen molar-refractivity contribution in [3.05, 3.63) is 18.6 Å². The van der Waals surface area contributed by atoms with E-state index in [0.717, 1.165) is 6.29 Å². The minimum atomic E-state index is -1.03. The highest BCUT2D eigenvalue weighted by molar-refractivity contribution is 5.68. The molecule has 1 aliphatic rings. The second-order valence-corrected chi connectivity index (χ2v) is 4.85. The van der Waals surface area contributed by atoms with Gasteiger partial charge in [0, 0.05) is 31.9 Å². The van der Waals surface area contributed by atoms with Crippen LogP contribution in [0.15, 0.2) is 18.6 Å². The van der Waals surface area contributed by atoms with Crippen LogP contribution >= 0.6 is 0 Å². The van der Waals surface area contributed by atoms with E-state index in [-0.39, 0.29) is 6.42 Å². The van der Waals surface area contributed by atoms with E-state index in [4.69, 9.17) is 0 Å². The van der Waals surface area contributed by atoms with Gasteiger partial charge in [-0.15, -0.1) is 0 Å². The molecule has 2 heterocycles. The second kappa shape index (κ2) is 6.49. The summed E-state index contributed by atoms with van der Waals surface area (Å²) in [4.78, 5) is 34.1. The molecule has 1 amide bonds. The summed E-state index contributed by atoms with van der Waals surface area (Å²) >= 11 is 0. The lowest BCUT2D eigenvalue weighted by Crippen LogP contribution is -2.70. The van der Waals surface area contributed by atoms with Gasteiger partial charge in [-0.2, -0.15) is 0 Å². The minimum Gasteiger partial charge on any atom is -0.465 e. The Labute approximate surface area is 122 Å². The lowest BCUT2D eigenvalue weighted by Gasteiger charge is -2.49. The van der Waals surface area contributed by atoms with Crippen molar-refractivity contribution in [3.63, 3.8) is 0 Å². The van der Waals surface area contributed by atoms with Gasteiger partial charge in [0.1, 0.15) is 17.8 Å². The van der Waals surface area contributed by atoms with Gasteiger partial charge in [0.15, 0.2) is 0 Å². The first-order chi connectivity index (χ1) is 10.1. The van der Waals surface area contributed by atoms with E-state index in [1.165, 1.54) is 4.90 Å². The topological polar surface area (TPSA) is 98.7 Å². The highest BCUT2D eigenvalue weighted by Gasteiger charge is 2.44. The van der Waals surface area contributed by atoms with Gasteiger partial charge in [0.05, 0.1) is 12.7 Å². The number of carbonyl (C=O) groups is 2. The van der Waals surface area contributed by atoms with Crippen molar-refractivity contribution in [2.45, 2.75) is 19.0 Å². The third kappa shape index (κ3) is 3.10. The van der Waals surface area contributed by atoms with Gasteiger partial charge in [-0.25, -0.2) is 9.78 Å². The summed E-state index contributed by atoms with van der Waals surface area (Å²) in [6.45, 7) is 3.61. The number of anilines is 1. The van der Waals surface area contributed by atoms with Crippen LogP contribution in [0.5, 0.6) is 0 Å². The fourth-order valence-corrected chi connectivity index (χ4v) is 2.71. The van der Waals surface area contributed by atoms with Gasteiger partial charge >= 0.3 is 6.09 Å². The van der Waals surface area contributed by atoms with Crippen molar-refractivity contribution in [3.8, 4) is 0 Å². The molecule has 0 aliphatic carbocycles. The quantitative estimate of drug-likeness (QED) is 0.747. The Morgan fingerprint density at radius 2 is 2.33 bits per heavy atom. The van der Waals surface area contributed by atoms with Crippen molar-refractivity contribution < 1.29 is 14.7 Å². The van der Waals surface area contributed by atoms with E-state index in [9.17, 15) is 14.7 Å². The van der Waals surface area contributed by atoms with Crippen molar-refractivity contribution in [2.75, 3.05) is 31.1 Å². The fraction of sp³-hybridized carbons (Fsp3) is 0.538. The van der Waals surface area contributed by atoms with Crippen LogP contribution in [0.2, 0.25) is 0 Å². The molecular weight excluding hydrogens is 274 g/mol. The summed E-state index contributed by atoms with van der Waals surface area (Å²) < 4.78 is 0. The van der Waals surface area contributed by atoms with Gasteiger partial charge in [-0.3, -0.25) is 15.2 Å². The van der Waals surface area contributed by atoms with Crippen LogP contribution in [-0.4, -0.2) is 64.2 Å². The molecule has 0 aromatic carbocycles. The standard InChI is InChI=1S/C13H19N5O3/c1-2-16-13(3-8-19)10-17(6-7-18(13)12(20)21)11-9-14-4-5-15-11/h4-5,8-9,16H,2-3,6-7,10H2,1H3,(H,20,21). The molecule has 0 bridgehead atoms. The summed E-state index contributed by atoms with van der Waals surface area (Å²) in [6.07, 6.45) is 4.61. The number of nitrogens with zero attached hydrogens (tertiary/aromatic N) is 4. The first-order valence-electron chi connectivity index (χ1n) is 6.83. The Hall–Kier alpha value is -2.22. The van der Waals surface area contributed by atoms with E-state index >= 15 is 0 Å². The van der Waals surface area contributed by atoms with E-state index in [1.54, 1.807) is 18.6 Å². The zero-order valence-corrected chi connectivity index (χ0v) is 11.9. The van der Waals surface area contributed by atoms with Crippen LogP contribution in [0.4, 0.5) is 10.6 Å². The number of carboxylic acid groups (broad SMARTS) is 1. The van der Waals surface area contributed by atoms with E-state index in [1.807, 2.05) is 11.8 Å². The molecule has 1 atom stereocenters. The Morgan fingerprint density at radius 3 is 2.90 bits per heavy atom. The van der Waals surface area contributed by atoms with Crippen molar-refractivity contribution in [2.24, 2.45) is 0 Å². The molecule has 1 aromatic heterocycles. The summed E-state index contributed by atoms with van der Waals surface area (Å²) in [5.74, 6) is 0.677. The molecule has 0 radical (unpaired) electrons. The zero-order valence-electron chi connectivity index (χ0n) is 11.9. The van der Waals surface area contributed by atoms with Crippen LogP contribution in [0.3, 0.4) is 0 Å². The maximum atomic E-state index is 11.5. The number of carbonyl (C=O) groups excluding carboxylic acids is 1. The minimum absolute atomic E-state index is 0.0872. The fourth-order valence-electron chi connectivity index (χ4n) is 2.71. The second-order valence-electron chi connectivity index (χ2n) is 4.85. The number of hydrogen-bond acceptors (Lipinski definition) is 6. The largest absolute Gasteiger partial charge is 0.465 e. The molecule has 1 saturated heterocycles. The maximum absolute atomic E-state index is 11.5. The number of aromatic nitrogens is 2. The average molecular weight is 293 g/mol. The smallest absolute Gasteiger partial charge is 0.408 e. The highest BCUT2D eigenvalue weighted by atomic mass is 16.4. The van der Waals surface area contributed by atoms with Gasteiger partial charge in [-0.05, 0) is 6.54 Å². The van der Waals surface area contributed by atoms with E-state index < -0.39 is 11.8 Å². The predicted molar refractivity (Wildman–Crippen MR) is 76.1 cm³/mol. The molecule has 2 rings (SSSR count). The van der Waals surface area contributed by atoms with Crippen LogP contribution in [0, 0.1) is 0 Å². The van der Waals surface area contributed by atoms with Crippen LogP contribution in [0.1, 0.15) is 13.3 Å². The summed E-state index contributed by atoms with van der Waals surface area (Å²) in [7, 11) is 0. The molecule has 1 aromatic rings. The van der Waals surface area contributed by atoms with Crippen LogP contribution in [-0.2, 0) is 4.79 Å². The van der Waals surface area contributed by atoms with Crippen molar-refractivity contribution >= 4 is 18.2 Å². The number of hydrogen-bond donors (Lipinski definition) is 2. The first-order valence-corrected chi connectivity index (χ1v) is 6.83. The molecule has 21 heavy (non-hydrogen) atoms. The molecule has 8 heteroatoms. The Morgan fingerprint density at radius 1 is 1.52 bits per heavy atom. The lowest BCUT2D eigenvalue weighted by molar-refractivity contribution is -0.111. The molecule has 1 aliphatic heterocycles. The number of amides is 1. The van der Waals surface area contributed by atoms with Gasteiger partial charge < -0.3 is 14.8 Å². The van der Waals surface area contributed by atoms with E-state index in [2.05, 4.69) is 15.3 Å². The Balaban J connectivity index is 2.30. The monoisotopic (exact) mass is 293 g/mol. The number of aldehydes is 1. The first kappa shape index (κ1) is 15.2. The Kier molecular flexibility index (Phi) is 4.69. The normalized spacial score (nSPS) is 22.1. The van der Waals surface area contributed by atoms with Gasteiger partial charge in [0.25, 0.3) is 0 Å². The molecule has 2 N–H and O–H groups in total. The van der Waals surface area contributed by atoms with Crippen LogP contribution < -0.4 is 10.2 Å². The van der Waals surface area contributed by atoms with Gasteiger partial charge in [0.2, 0.25) is 0 Å². The van der Waals surface area contributed by atoms with Crippen molar-refractivity contribution in [1.82, 2.24) is 20.2 Å². The Bertz CT molecular complexity index is 498. The zero-order chi connectivity index (χ0) is 15.3. The molecule has 8 nitrogen and oxygen atoms in total. The summed E-state index contributed by atoms with van der Waals surface area (Å²) in [5, 5.41) is 12.6. The highest BCUT2D eigenvalue weighted by Crippen LogP contribution is 2.25. The summed E-state index contributed by atoms with van der Waals surface area (Å²) in [6, 6.07) is 0. The molecule has 0 spiro atoms. The maximum Gasteiger partial charge on any atom is 0.408 e. The molecule has 114 valence electrons. The van der Waals surface area contributed by atoms with E-state index in [0.29, 0.717) is 32.0 Å². The predicted octanol–water partition coefficient (Wildman–Crippen LogP) is 0.171. The number of piperazine rings is 1. The molecule has 1 fully saturated rings. The number of nitrogens with one attached hydrogen (secondary N) is 1. The van der Waals surface area contributed by atoms with Crippen LogP contribution in [0.25, 0.3) is 0 Å². The average Bonchev–Trinajstić information content (AvgIpc) is 2.48. The number of rotatable bonds is 5. The van der Waals surface area contributed by atoms with Crippen molar-refractivity contribution in [1.29, 1.82) is 0 Å². The number of likely N-dealkylation sites (N-methyl/N-ethyl adjacent to an activating group) is 1. The summed E-state index contributed by atoms with van der Waals surface area (Å²) in [5.41, 5.74) is -0.932. The lowest BCUT2D eigenvalue weighted by atomic mass is 10.0. The molecular formula is C13H19N5O3. The third-order valence-corrected chi connectivity index (χ3v) is 3.59. The van der Waals surface area contributed by atoms with Gasteiger partial charge in [-0.1, -0.05) is 6.92 Å². The SMILES string of the molecule is CCNC1(CC=O)CN(c2cnccn2)CCN1C(=O)O.